The van der Waals surface area contributed by atoms with Crippen LogP contribution >= 0.6 is 0 Å². The lowest BCUT2D eigenvalue weighted by Gasteiger charge is -2.36. The highest BCUT2D eigenvalue weighted by Crippen LogP contribution is 2.13. The van der Waals surface area contributed by atoms with Gasteiger partial charge in [0.15, 0.2) is 0 Å². The largest absolute Gasteiger partial charge is 0.373 e. The van der Waals surface area contributed by atoms with E-state index in [4.69, 9.17) is 4.74 Å². The molecule has 1 aliphatic heterocycles. The fourth-order valence-electron chi connectivity index (χ4n) is 2.95. The van der Waals surface area contributed by atoms with Crippen LogP contribution in [0.3, 0.4) is 0 Å². The third kappa shape index (κ3) is 4.84. The van der Waals surface area contributed by atoms with Gasteiger partial charge < -0.3 is 10.1 Å². The van der Waals surface area contributed by atoms with Crippen molar-refractivity contribution in [1.82, 2.24) is 15.2 Å². The molecule has 2 atom stereocenters. The van der Waals surface area contributed by atoms with Crippen molar-refractivity contribution in [2.24, 2.45) is 0 Å². The van der Waals surface area contributed by atoms with Crippen molar-refractivity contribution in [3.8, 4) is 0 Å². The number of hydrogen-bond donors (Lipinski definition) is 1. The quantitative estimate of drug-likeness (QED) is 0.846. The van der Waals surface area contributed by atoms with Gasteiger partial charge in [-0.25, -0.2) is 4.98 Å². The summed E-state index contributed by atoms with van der Waals surface area (Å²) in [7, 11) is 0. The van der Waals surface area contributed by atoms with Gasteiger partial charge in [0.1, 0.15) is 0 Å². The minimum absolute atomic E-state index is 0.104. The van der Waals surface area contributed by atoms with Crippen LogP contribution in [0.4, 0.5) is 4.39 Å². The van der Waals surface area contributed by atoms with Gasteiger partial charge >= 0.3 is 0 Å². The van der Waals surface area contributed by atoms with Crippen LogP contribution in [0.5, 0.6) is 0 Å². The molecule has 1 aromatic heterocycles. The zero-order chi connectivity index (χ0) is 17.6. The Bertz CT molecular complexity index is 711. The number of aromatic nitrogens is 1. The zero-order valence-corrected chi connectivity index (χ0v) is 14.2. The Morgan fingerprint density at radius 2 is 2.20 bits per heavy atom. The third-order valence-electron chi connectivity index (χ3n) is 4.33. The van der Waals surface area contributed by atoms with Crippen molar-refractivity contribution in [3.05, 3.63) is 65.7 Å². The number of rotatable bonds is 5. The van der Waals surface area contributed by atoms with E-state index in [-0.39, 0.29) is 23.6 Å². The van der Waals surface area contributed by atoms with Crippen LogP contribution in [0, 0.1) is 5.95 Å². The Morgan fingerprint density at radius 1 is 1.40 bits per heavy atom. The number of benzene rings is 1. The average Bonchev–Trinajstić information content (AvgIpc) is 2.63. The van der Waals surface area contributed by atoms with Crippen LogP contribution in [0.2, 0.25) is 0 Å². The van der Waals surface area contributed by atoms with Crippen molar-refractivity contribution in [3.63, 3.8) is 0 Å². The third-order valence-corrected chi connectivity index (χ3v) is 4.33. The van der Waals surface area contributed by atoms with Crippen LogP contribution in [0.25, 0.3) is 0 Å². The van der Waals surface area contributed by atoms with Crippen LogP contribution in [0.1, 0.15) is 22.8 Å². The lowest BCUT2D eigenvalue weighted by molar-refractivity contribution is -0.0449. The van der Waals surface area contributed by atoms with Gasteiger partial charge in [-0.2, -0.15) is 4.39 Å². The van der Waals surface area contributed by atoms with Crippen LogP contribution in [0.15, 0.2) is 48.7 Å². The zero-order valence-electron chi connectivity index (χ0n) is 14.2. The summed E-state index contributed by atoms with van der Waals surface area (Å²) in [4.78, 5) is 18.0. The summed E-state index contributed by atoms with van der Waals surface area (Å²) in [5.41, 5.74) is 1.52. The highest BCUT2D eigenvalue weighted by atomic mass is 19.1. The van der Waals surface area contributed by atoms with Gasteiger partial charge in [0, 0.05) is 37.5 Å². The number of ether oxygens (including phenoxy) is 1. The van der Waals surface area contributed by atoms with Gasteiger partial charge in [-0.05, 0) is 18.6 Å². The van der Waals surface area contributed by atoms with E-state index in [0.717, 1.165) is 25.7 Å². The number of carbonyl (C=O) groups excluding carboxylic acids is 1. The molecule has 6 heteroatoms. The lowest BCUT2D eigenvalue weighted by Crippen LogP contribution is -2.52. The number of morpholine rings is 1. The van der Waals surface area contributed by atoms with E-state index >= 15 is 0 Å². The molecule has 3 rings (SSSR count). The maximum absolute atomic E-state index is 13.2. The number of carbonyl (C=O) groups is 1. The molecule has 0 aliphatic carbocycles. The molecule has 0 spiro atoms. The van der Waals surface area contributed by atoms with E-state index in [1.165, 1.54) is 17.8 Å². The first-order valence-electron chi connectivity index (χ1n) is 8.42. The number of halogens is 1. The molecule has 1 amide bonds. The first-order valence-corrected chi connectivity index (χ1v) is 8.42. The van der Waals surface area contributed by atoms with E-state index < -0.39 is 5.95 Å². The molecule has 1 aliphatic rings. The predicted octanol–water partition coefficient (Wildman–Crippen LogP) is 2.24. The number of pyridine rings is 1. The molecule has 1 saturated heterocycles. The van der Waals surface area contributed by atoms with E-state index in [0.29, 0.717) is 6.61 Å². The smallest absolute Gasteiger partial charge is 0.251 e. The van der Waals surface area contributed by atoms with E-state index in [2.05, 4.69) is 27.3 Å². The summed E-state index contributed by atoms with van der Waals surface area (Å²) in [5, 5.41) is 2.89. The molecule has 0 bridgehead atoms. The van der Waals surface area contributed by atoms with Gasteiger partial charge in [0.05, 0.1) is 18.8 Å². The van der Waals surface area contributed by atoms with E-state index in [9.17, 15) is 9.18 Å². The van der Waals surface area contributed by atoms with Gasteiger partial charge in [0.25, 0.3) is 5.91 Å². The monoisotopic (exact) mass is 343 g/mol. The summed E-state index contributed by atoms with van der Waals surface area (Å²) in [6.07, 6.45) is 1.18. The number of nitrogens with zero attached hydrogens (tertiary/aromatic N) is 2. The number of amides is 1. The summed E-state index contributed by atoms with van der Waals surface area (Å²) >= 11 is 0. The van der Waals surface area contributed by atoms with Gasteiger partial charge in [-0.15, -0.1) is 0 Å². The summed E-state index contributed by atoms with van der Waals surface area (Å²) in [5.74, 6) is -0.985. The Hall–Kier alpha value is -2.31. The van der Waals surface area contributed by atoms with Crippen LogP contribution < -0.4 is 5.32 Å². The molecule has 0 saturated carbocycles. The minimum atomic E-state index is -0.664. The molecule has 1 N–H and O–H groups in total. The summed E-state index contributed by atoms with van der Waals surface area (Å²) in [6, 6.07) is 12.7. The van der Waals surface area contributed by atoms with Crippen molar-refractivity contribution in [2.45, 2.75) is 25.6 Å². The van der Waals surface area contributed by atoms with Gasteiger partial charge in [0.2, 0.25) is 5.95 Å². The maximum Gasteiger partial charge on any atom is 0.251 e. The highest BCUT2D eigenvalue weighted by molar-refractivity contribution is 5.94. The van der Waals surface area contributed by atoms with Crippen molar-refractivity contribution >= 4 is 5.91 Å². The predicted molar refractivity (Wildman–Crippen MR) is 92.6 cm³/mol. The average molecular weight is 343 g/mol. The molecular weight excluding hydrogens is 321 g/mol. The second kappa shape index (κ2) is 8.18. The number of nitrogens with one attached hydrogen (secondary N) is 1. The summed E-state index contributed by atoms with van der Waals surface area (Å²) < 4.78 is 19.0. The second-order valence-electron chi connectivity index (χ2n) is 6.26. The van der Waals surface area contributed by atoms with Crippen LogP contribution in [-0.4, -0.2) is 47.6 Å². The highest BCUT2D eigenvalue weighted by Gasteiger charge is 2.26. The van der Waals surface area contributed by atoms with Crippen molar-refractivity contribution < 1.29 is 13.9 Å². The summed E-state index contributed by atoms with van der Waals surface area (Å²) in [6.45, 7) is 4.99. The Labute approximate surface area is 146 Å². The standard InChI is InChI=1S/C19H22FN3O2/c1-14(22-19(24)16-7-8-21-18(20)11-16)17-13-23(9-10-25-17)12-15-5-3-2-4-6-15/h2-8,11,14,17H,9-10,12-13H2,1H3,(H,22,24)/t14-,17-/m1/s1. The Morgan fingerprint density at radius 3 is 2.96 bits per heavy atom. The van der Waals surface area contributed by atoms with E-state index in [1.54, 1.807) is 0 Å². The molecular formula is C19H22FN3O2. The SMILES string of the molecule is C[C@@H](NC(=O)c1ccnc(F)c1)[C@H]1CN(Cc2ccccc2)CCO1. The molecule has 2 aromatic rings. The Balaban J connectivity index is 1.56. The van der Waals surface area contributed by atoms with Gasteiger partial charge in [-0.3, -0.25) is 9.69 Å². The molecule has 1 aromatic carbocycles. The molecule has 132 valence electrons. The molecule has 0 unspecified atom stereocenters. The van der Waals surface area contributed by atoms with Crippen molar-refractivity contribution in [2.75, 3.05) is 19.7 Å². The molecule has 5 nitrogen and oxygen atoms in total. The maximum atomic E-state index is 13.2. The number of hydrogen-bond acceptors (Lipinski definition) is 4. The van der Waals surface area contributed by atoms with Crippen LogP contribution in [-0.2, 0) is 11.3 Å². The Kier molecular flexibility index (Phi) is 5.73. The minimum Gasteiger partial charge on any atom is -0.373 e. The first kappa shape index (κ1) is 17.5. The fourth-order valence-corrected chi connectivity index (χ4v) is 2.95. The molecule has 1 fully saturated rings. The molecule has 2 heterocycles. The first-order chi connectivity index (χ1) is 12.1. The van der Waals surface area contributed by atoms with Crippen molar-refractivity contribution in [1.29, 1.82) is 0 Å². The molecule has 25 heavy (non-hydrogen) atoms. The topological polar surface area (TPSA) is 54.5 Å². The lowest BCUT2D eigenvalue weighted by atomic mass is 10.1. The fraction of sp³-hybridized carbons (Fsp3) is 0.368. The second-order valence-corrected chi connectivity index (χ2v) is 6.26. The normalized spacial score (nSPS) is 19.4. The van der Waals surface area contributed by atoms with Gasteiger partial charge in [-0.1, -0.05) is 30.3 Å². The molecule has 0 radical (unpaired) electrons. The van der Waals surface area contributed by atoms with E-state index in [1.807, 2.05) is 25.1 Å².